The normalized spacial score (nSPS) is 9.44. The van der Waals surface area contributed by atoms with Crippen molar-refractivity contribution in [3.8, 4) is 5.69 Å². The molecule has 0 spiro atoms. The number of nitrogens with zero attached hydrogens (tertiary/aromatic N) is 4. The number of hydrogen-bond acceptors (Lipinski definition) is 4. The molecule has 0 saturated carbocycles. The van der Waals surface area contributed by atoms with Gasteiger partial charge in [-0.1, -0.05) is 31.5 Å². The minimum Gasteiger partial charge on any atom is -0.288 e. The summed E-state index contributed by atoms with van der Waals surface area (Å²) in [4.78, 5) is 10.1. The van der Waals surface area contributed by atoms with Crippen molar-refractivity contribution in [1.29, 1.82) is 0 Å². The Balaban J connectivity index is 0.000000203. The first-order chi connectivity index (χ1) is 8.74. The summed E-state index contributed by atoms with van der Waals surface area (Å²) in [7, 11) is 0. The number of thiol groups is 1. The topological polar surface area (TPSA) is 60.7 Å². The van der Waals surface area contributed by atoms with Crippen LogP contribution >= 0.6 is 12.6 Å². The molecule has 1 aromatic heterocycles. The summed E-state index contributed by atoms with van der Waals surface area (Å²) in [6, 6.07) is 9.72. The Kier molecular flexibility index (Phi) is 6.71. The van der Waals surface area contributed by atoms with Crippen molar-refractivity contribution in [3.63, 3.8) is 0 Å². The van der Waals surface area contributed by atoms with E-state index in [1.165, 1.54) is 0 Å². The molecule has 0 aliphatic heterocycles. The number of unbranched alkanes of at least 4 members (excludes halogenated alkanes) is 1. The molecular weight excluding hydrogens is 248 g/mol. The van der Waals surface area contributed by atoms with Gasteiger partial charge in [0, 0.05) is 6.42 Å². The number of aromatic nitrogens is 4. The summed E-state index contributed by atoms with van der Waals surface area (Å²) in [5.74, 6) is 0. The number of carbonyl (C=O) groups is 1. The molecule has 0 radical (unpaired) electrons. The van der Waals surface area contributed by atoms with E-state index in [9.17, 15) is 4.79 Å². The fourth-order valence-electron chi connectivity index (χ4n) is 1.19. The lowest BCUT2D eigenvalue weighted by molar-refractivity contribution is -0.110. The number of para-hydroxylation sites is 1. The predicted octanol–water partition coefficient (Wildman–Crippen LogP) is 2.30. The smallest absolute Gasteiger partial charge is 0.185 e. The molecule has 5 nitrogen and oxygen atoms in total. The highest BCUT2D eigenvalue weighted by molar-refractivity contribution is 7.96. The van der Waals surface area contributed by atoms with Crippen LogP contribution in [0.25, 0.3) is 5.69 Å². The minimum absolute atomic E-state index is 0.00171. The summed E-state index contributed by atoms with van der Waals surface area (Å²) in [6.45, 7) is 2.05. The molecule has 0 aliphatic rings. The van der Waals surface area contributed by atoms with Crippen molar-refractivity contribution in [2.24, 2.45) is 0 Å². The molecule has 6 heteroatoms. The van der Waals surface area contributed by atoms with Crippen molar-refractivity contribution in [1.82, 2.24) is 20.2 Å². The molecule has 0 saturated heterocycles. The van der Waals surface area contributed by atoms with E-state index in [1.54, 1.807) is 11.0 Å². The molecule has 0 unspecified atom stereocenters. The van der Waals surface area contributed by atoms with Gasteiger partial charge in [-0.2, -0.15) is 0 Å². The van der Waals surface area contributed by atoms with E-state index < -0.39 is 0 Å². The van der Waals surface area contributed by atoms with Crippen LogP contribution in [-0.2, 0) is 4.79 Å². The summed E-state index contributed by atoms with van der Waals surface area (Å²) in [5.41, 5.74) is 0.970. The van der Waals surface area contributed by atoms with Gasteiger partial charge >= 0.3 is 0 Å². The third-order valence-corrected chi connectivity index (χ3v) is 2.34. The molecule has 2 aromatic rings. The lowest BCUT2D eigenvalue weighted by Crippen LogP contribution is -1.93. The second-order valence-corrected chi connectivity index (χ2v) is 4.09. The third-order valence-electron chi connectivity index (χ3n) is 2.11. The quantitative estimate of drug-likeness (QED) is 0.861. The van der Waals surface area contributed by atoms with Gasteiger partial charge in [0.15, 0.2) is 5.12 Å². The lowest BCUT2D eigenvalue weighted by atomic mass is 10.3. The molecule has 0 aliphatic carbocycles. The SMILES string of the molecule is CCCCC(=O)S.c1ccc(-n2cnnn2)cc1. The van der Waals surface area contributed by atoms with E-state index in [0.29, 0.717) is 6.42 Å². The number of rotatable bonds is 4. The van der Waals surface area contributed by atoms with E-state index in [-0.39, 0.29) is 5.12 Å². The highest BCUT2D eigenvalue weighted by atomic mass is 32.1. The Bertz CT molecular complexity index is 444. The second kappa shape index (κ2) is 8.41. The number of tetrazole rings is 1. The van der Waals surface area contributed by atoms with Crippen LogP contribution in [0.2, 0.25) is 0 Å². The highest BCUT2D eigenvalue weighted by Crippen LogP contribution is 2.01. The van der Waals surface area contributed by atoms with Crippen molar-refractivity contribution >= 4 is 17.7 Å². The maximum atomic E-state index is 10.1. The van der Waals surface area contributed by atoms with E-state index in [4.69, 9.17) is 0 Å². The van der Waals surface area contributed by atoms with Crippen molar-refractivity contribution in [2.75, 3.05) is 0 Å². The maximum Gasteiger partial charge on any atom is 0.185 e. The van der Waals surface area contributed by atoms with Gasteiger partial charge in [-0.05, 0) is 29.0 Å². The Labute approximate surface area is 112 Å². The Morgan fingerprint density at radius 3 is 2.50 bits per heavy atom. The molecule has 1 heterocycles. The van der Waals surface area contributed by atoms with Gasteiger partial charge in [0.2, 0.25) is 0 Å². The van der Waals surface area contributed by atoms with Gasteiger partial charge in [0.05, 0.1) is 5.69 Å². The first kappa shape index (κ1) is 14.4. The zero-order valence-corrected chi connectivity index (χ0v) is 11.1. The summed E-state index contributed by atoms with van der Waals surface area (Å²) < 4.78 is 1.61. The molecule has 18 heavy (non-hydrogen) atoms. The van der Waals surface area contributed by atoms with Crippen LogP contribution in [0.1, 0.15) is 26.2 Å². The zero-order chi connectivity index (χ0) is 13.2. The van der Waals surface area contributed by atoms with Crippen molar-refractivity contribution < 1.29 is 4.79 Å². The molecule has 0 atom stereocenters. The van der Waals surface area contributed by atoms with Gasteiger partial charge in [0.25, 0.3) is 0 Å². The van der Waals surface area contributed by atoms with E-state index in [0.717, 1.165) is 18.5 Å². The predicted molar refractivity (Wildman–Crippen MR) is 72.7 cm³/mol. The van der Waals surface area contributed by atoms with Crippen molar-refractivity contribution in [3.05, 3.63) is 36.7 Å². The Morgan fingerprint density at radius 2 is 2.06 bits per heavy atom. The van der Waals surface area contributed by atoms with E-state index in [2.05, 4.69) is 35.1 Å². The Hall–Kier alpha value is -1.69. The maximum absolute atomic E-state index is 10.1. The zero-order valence-electron chi connectivity index (χ0n) is 10.2. The number of hydrogen-bond donors (Lipinski definition) is 1. The van der Waals surface area contributed by atoms with E-state index in [1.807, 2.05) is 30.3 Å². The van der Waals surface area contributed by atoms with Gasteiger partial charge in [0.1, 0.15) is 6.33 Å². The fourth-order valence-corrected chi connectivity index (χ4v) is 1.35. The monoisotopic (exact) mass is 264 g/mol. The fraction of sp³-hybridized carbons (Fsp3) is 0.333. The largest absolute Gasteiger partial charge is 0.288 e. The molecular formula is C12H16N4OS. The van der Waals surface area contributed by atoms with Crippen LogP contribution in [-0.4, -0.2) is 25.3 Å². The molecule has 2 rings (SSSR count). The van der Waals surface area contributed by atoms with Gasteiger partial charge in [-0.25, -0.2) is 4.68 Å². The molecule has 0 fully saturated rings. The standard InChI is InChI=1S/C7H6N4.C5H10OS/c1-2-4-7(5-3-1)11-6-8-9-10-11;1-2-3-4-5(6)7/h1-6H;2-4H2,1H3,(H,6,7). The molecule has 0 N–H and O–H groups in total. The van der Waals surface area contributed by atoms with Crippen molar-refractivity contribution in [2.45, 2.75) is 26.2 Å². The number of benzene rings is 1. The van der Waals surface area contributed by atoms with Crippen LogP contribution in [0.15, 0.2) is 36.7 Å². The minimum atomic E-state index is 0.00171. The first-order valence-corrected chi connectivity index (χ1v) is 6.19. The number of carbonyl (C=O) groups excluding carboxylic acids is 1. The Morgan fingerprint density at radius 1 is 1.33 bits per heavy atom. The third kappa shape index (κ3) is 5.58. The van der Waals surface area contributed by atoms with Crippen LogP contribution in [0.4, 0.5) is 0 Å². The van der Waals surface area contributed by atoms with Gasteiger partial charge < -0.3 is 0 Å². The van der Waals surface area contributed by atoms with E-state index >= 15 is 0 Å². The summed E-state index contributed by atoms with van der Waals surface area (Å²) >= 11 is 3.59. The van der Waals surface area contributed by atoms with Crippen LogP contribution in [0.5, 0.6) is 0 Å². The molecule has 0 bridgehead atoms. The van der Waals surface area contributed by atoms with Crippen LogP contribution in [0.3, 0.4) is 0 Å². The average molecular weight is 264 g/mol. The summed E-state index contributed by atoms with van der Waals surface area (Å²) in [6.07, 6.45) is 4.24. The van der Waals surface area contributed by atoms with Gasteiger partial charge in [-0.3, -0.25) is 4.79 Å². The molecule has 96 valence electrons. The second-order valence-electron chi connectivity index (χ2n) is 3.59. The van der Waals surface area contributed by atoms with Gasteiger partial charge in [-0.15, -0.1) is 17.7 Å². The molecule has 1 aromatic carbocycles. The average Bonchev–Trinajstić information content (AvgIpc) is 2.92. The van der Waals surface area contributed by atoms with Crippen LogP contribution < -0.4 is 0 Å². The first-order valence-electron chi connectivity index (χ1n) is 5.74. The summed E-state index contributed by atoms with van der Waals surface area (Å²) in [5, 5.41) is 10.8. The highest BCUT2D eigenvalue weighted by Gasteiger charge is 1.92. The van der Waals surface area contributed by atoms with Crippen LogP contribution in [0, 0.1) is 0 Å². The lowest BCUT2D eigenvalue weighted by Gasteiger charge is -1.94. The molecule has 0 amide bonds.